The zero-order valence-electron chi connectivity index (χ0n) is 12.0. The Morgan fingerprint density at radius 2 is 1.95 bits per heavy atom. The number of carboxylic acid groups (broad SMARTS) is 1. The second kappa shape index (κ2) is 7.61. The van der Waals surface area contributed by atoms with E-state index in [1.165, 1.54) is 0 Å². The molecule has 118 valence electrons. The van der Waals surface area contributed by atoms with Crippen LogP contribution >= 0.6 is 0 Å². The van der Waals surface area contributed by atoms with Gasteiger partial charge in [0.2, 0.25) is 11.8 Å². The fourth-order valence-electron chi connectivity index (χ4n) is 1.83. The van der Waals surface area contributed by atoms with Crippen molar-refractivity contribution >= 4 is 23.8 Å². The molecular formula is C13H20N2O6. The fourth-order valence-corrected chi connectivity index (χ4v) is 1.83. The first-order chi connectivity index (χ1) is 9.85. The number of nitrogens with one attached hydrogen (secondary N) is 2. The minimum absolute atomic E-state index is 0.0270. The quantitative estimate of drug-likeness (QED) is 0.509. The molecule has 0 aromatic rings. The van der Waals surface area contributed by atoms with Crippen LogP contribution in [0, 0.1) is 11.8 Å². The lowest BCUT2D eigenvalue weighted by molar-refractivity contribution is -0.148. The Morgan fingerprint density at radius 3 is 2.43 bits per heavy atom. The first-order valence-electron chi connectivity index (χ1n) is 6.71. The number of carboxylic acids is 1. The van der Waals surface area contributed by atoms with E-state index in [4.69, 9.17) is 5.11 Å². The Hall–Kier alpha value is -2.12. The lowest BCUT2D eigenvalue weighted by Crippen LogP contribution is -2.43. The van der Waals surface area contributed by atoms with Crippen molar-refractivity contribution in [2.75, 3.05) is 13.7 Å². The zero-order valence-corrected chi connectivity index (χ0v) is 12.0. The van der Waals surface area contributed by atoms with E-state index in [1.54, 1.807) is 0 Å². The van der Waals surface area contributed by atoms with Crippen LogP contribution in [0.4, 0.5) is 0 Å². The monoisotopic (exact) mass is 300 g/mol. The van der Waals surface area contributed by atoms with Gasteiger partial charge in [-0.1, -0.05) is 6.92 Å². The standard InChI is InChI=1S/C13H20N2O6/c1-7-5-8(7)12(18)14-4-3-10(16)15-9(13(19)20)6-11(17)21-2/h7-9H,3-6H2,1-2H3,(H,14,18)(H,15,16)(H,19,20)/t7?,8?,9-/m0/s1. The molecule has 0 aliphatic heterocycles. The maximum absolute atomic E-state index is 11.6. The predicted molar refractivity (Wildman–Crippen MR) is 71.1 cm³/mol. The van der Waals surface area contributed by atoms with E-state index < -0.39 is 30.3 Å². The lowest BCUT2D eigenvalue weighted by atomic mass is 10.2. The maximum atomic E-state index is 11.6. The fraction of sp³-hybridized carbons (Fsp3) is 0.692. The van der Waals surface area contributed by atoms with Gasteiger partial charge in [0.25, 0.3) is 0 Å². The number of methoxy groups -OCH3 is 1. The van der Waals surface area contributed by atoms with E-state index in [0.717, 1.165) is 13.5 Å². The Balaban J connectivity index is 2.28. The van der Waals surface area contributed by atoms with Crippen LogP contribution in [0.3, 0.4) is 0 Å². The Morgan fingerprint density at radius 1 is 1.33 bits per heavy atom. The highest BCUT2D eigenvalue weighted by Crippen LogP contribution is 2.37. The first kappa shape index (κ1) is 16.9. The van der Waals surface area contributed by atoms with Gasteiger partial charge in [-0.05, 0) is 12.3 Å². The third-order valence-electron chi connectivity index (χ3n) is 3.33. The van der Waals surface area contributed by atoms with Crippen molar-refractivity contribution in [3.8, 4) is 0 Å². The molecule has 1 saturated carbocycles. The van der Waals surface area contributed by atoms with Gasteiger partial charge in [-0.2, -0.15) is 0 Å². The highest BCUT2D eigenvalue weighted by atomic mass is 16.5. The Labute approximate surface area is 122 Å². The van der Waals surface area contributed by atoms with Crippen LogP contribution < -0.4 is 10.6 Å². The molecule has 0 aromatic carbocycles. The number of ether oxygens (including phenoxy) is 1. The molecule has 0 saturated heterocycles. The number of carbonyl (C=O) groups is 4. The summed E-state index contributed by atoms with van der Waals surface area (Å²) in [5, 5.41) is 13.7. The van der Waals surface area contributed by atoms with Crippen molar-refractivity contribution in [2.24, 2.45) is 11.8 Å². The van der Waals surface area contributed by atoms with Gasteiger partial charge in [-0.3, -0.25) is 14.4 Å². The highest BCUT2D eigenvalue weighted by molar-refractivity contribution is 5.87. The molecule has 3 N–H and O–H groups in total. The van der Waals surface area contributed by atoms with E-state index >= 15 is 0 Å². The normalized spacial score (nSPS) is 21.0. The van der Waals surface area contributed by atoms with Gasteiger partial charge in [0.15, 0.2) is 0 Å². The van der Waals surface area contributed by atoms with Crippen LogP contribution in [0.25, 0.3) is 0 Å². The molecule has 8 nitrogen and oxygen atoms in total. The number of carbonyl (C=O) groups excluding carboxylic acids is 3. The number of rotatable bonds is 8. The predicted octanol–water partition coefficient (Wildman–Crippen LogP) is -0.719. The van der Waals surface area contributed by atoms with Crippen LogP contribution in [0.1, 0.15) is 26.2 Å². The number of hydrogen-bond donors (Lipinski definition) is 3. The highest BCUT2D eigenvalue weighted by Gasteiger charge is 2.38. The molecule has 0 aromatic heterocycles. The topological polar surface area (TPSA) is 122 Å². The molecule has 21 heavy (non-hydrogen) atoms. The molecular weight excluding hydrogens is 280 g/mol. The molecule has 0 heterocycles. The largest absolute Gasteiger partial charge is 0.480 e. The van der Waals surface area contributed by atoms with Gasteiger partial charge in [-0.25, -0.2) is 4.79 Å². The summed E-state index contributed by atoms with van der Waals surface area (Å²) < 4.78 is 4.36. The minimum atomic E-state index is -1.33. The summed E-state index contributed by atoms with van der Waals surface area (Å²) in [4.78, 5) is 45.0. The molecule has 0 radical (unpaired) electrons. The summed E-state index contributed by atoms with van der Waals surface area (Å²) in [6, 6.07) is -1.33. The van der Waals surface area contributed by atoms with Crippen molar-refractivity contribution in [1.82, 2.24) is 10.6 Å². The summed E-state index contributed by atoms with van der Waals surface area (Å²) >= 11 is 0. The minimum Gasteiger partial charge on any atom is -0.480 e. The van der Waals surface area contributed by atoms with Crippen LogP contribution in [-0.4, -0.2) is 48.6 Å². The van der Waals surface area contributed by atoms with E-state index in [0.29, 0.717) is 5.92 Å². The van der Waals surface area contributed by atoms with E-state index in [9.17, 15) is 19.2 Å². The first-order valence-corrected chi connectivity index (χ1v) is 6.71. The summed E-state index contributed by atoms with van der Waals surface area (Å²) in [5.41, 5.74) is 0. The van der Waals surface area contributed by atoms with Gasteiger partial charge in [0.05, 0.1) is 13.5 Å². The molecule has 1 fully saturated rings. The van der Waals surface area contributed by atoms with E-state index in [1.807, 2.05) is 6.92 Å². The molecule has 2 unspecified atom stereocenters. The van der Waals surface area contributed by atoms with Gasteiger partial charge < -0.3 is 20.5 Å². The second-order valence-corrected chi connectivity index (χ2v) is 5.10. The Bertz CT molecular complexity index is 436. The molecule has 1 aliphatic rings. The van der Waals surface area contributed by atoms with Crippen molar-refractivity contribution in [2.45, 2.75) is 32.2 Å². The van der Waals surface area contributed by atoms with Crippen molar-refractivity contribution < 1.29 is 29.0 Å². The SMILES string of the molecule is COC(=O)C[C@H](NC(=O)CCNC(=O)C1CC1C)C(=O)O. The number of aliphatic carboxylic acids is 1. The molecule has 3 atom stereocenters. The zero-order chi connectivity index (χ0) is 16.0. The Kier molecular flexibility index (Phi) is 6.13. The summed E-state index contributed by atoms with van der Waals surface area (Å²) in [7, 11) is 1.14. The van der Waals surface area contributed by atoms with E-state index in [2.05, 4.69) is 15.4 Å². The molecule has 1 rings (SSSR count). The van der Waals surface area contributed by atoms with Crippen molar-refractivity contribution in [3.05, 3.63) is 0 Å². The molecule has 0 bridgehead atoms. The number of hydrogen-bond acceptors (Lipinski definition) is 5. The molecule has 8 heteroatoms. The van der Waals surface area contributed by atoms with Gasteiger partial charge >= 0.3 is 11.9 Å². The van der Waals surface area contributed by atoms with Crippen molar-refractivity contribution in [3.63, 3.8) is 0 Å². The summed E-state index contributed by atoms with van der Waals surface area (Å²) in [6.45, 7) is 2.11. The number of esters is 1. The van der Waals surface area contributed by atoms with Crippen molar-refractivity contribution in [1.29, 1.82) is 0 Å². The van der Waals surface area contributed by atoms with Crippen LogP contribution in [-0.2, 0) is 23.9 Å². The smallest absolute Gasteiger partial charge is 0.326 e. The lowest BCUT2D eigenvalue weighted by Gasteiger charge is -2.13. The second-order valence-electron chi connectivity index (χ2n) is 5.10. The third kappa shape index (κ3) is 5.80. The van der Waals surface area contributed by atoms with Gasteiger partial charge in [0.1, 0.15) is 6.04 Å². The summed E-state index contributed by atoms with van der Waals surface area (Å²) in [6.07, 6.45) is 0.375. The average Bonchev–Trinajstić information content (AvgIpc) is 3.14. The van der Waals surface area contributed by atoms with E-state index in [-0.39, 0.29) is 24.8 Å². The van der Waals surface area contributed by atoms with Gasteiger partial charge in [0, 0.05) is 18.9 Å². The summed E-state index contributed by atoms with van der Waals surface area (Å²) in [5.74, 6) is -2.26. The third-order valence-corrected chi connectivity index (χ3v) is 3.33. The average molecular weight is 300 g/mol. The molecule has 2 amide bonds. The van der Waals surface area contributed by atoms with Gasteiger partial charge in [-0.15, -0.1) is 0 Å². The van der Waals surface area contributed by atoms with Crippen LogP contribution in [0.5, 0.6) is 0 Å². The van der Waals surface area contributed by atoms with Crippen LogP contribution in [0.2, 0.25) is 0 Å². The maximum Gasteiger partial charge on any atom is 0.326 e. The van der Waals surface area contributed by atoms with Crippen LogP contribution in [0.15, 0.2) is 0 Å². The molecule has 1 aliphatic carbocycles. The molecule has 0 spiro atoms. The number of amides is 2.